The van der Waals surface area contributed by atoms with Gasteiger partial charge in [-0.1, -0.05) is 39.0 Å². The second-order valence-corrected chi connectivity index (χ2v) is 6.69. The van der Waals surface area contributed by atoms with Gasteiger partial charge in [-0.15, -0.1) is 0 Å². The van der Waals surface area contributed by atoms with Crippen molar-refractivity contribution in [3.8, 4) is 0 Å². The molecule has 1 N–H and O–H groups in total. The third-order valence-corrected chi connectivity index (χ3v) is 5.27. The first-order chi connectivity index (χ1) is 8.69. The zero-order valence-corrected chi connectivity index (χ0v) is 12.7. The lowest BCUT2D eigenvalue weighted by Gasteiger charge is -2.49. The third kappa shape index (κ3) is 3.27. The number of likely N-dealkylation sites (N-methyl/N-ethyl adjacent to an activating group) is 2. The summed E-state index contributed by atoms with van der Waals surface area (Å²) < 4.78 is 0. The second kappa shape index (κ2) is 6.38. The molecule has 106 valence electrons. The first-order valence-electron chi connectivity index (χ1n) is 8.10. The van der Waals surface area contributed by atoms with E-state index in [4.69, 9.17) is 0 Å². The highest BCUT2D eigenvalue weighted by molar-refractivity contribution is 5.00. The summed E-state index contributed by atoms with van der Waals surface area (Å²) in [6.07, 6.45) is 12.9. The molecular weight excluding hydrogens is 220 g/mol. The van der Waals surface area contributed by atoms with Crippen molar-refractivity contribution in [1.29, 1.82) is 0 Å². The molecule has 18 heavy (non-hydrogen) atoms. The Morgan fingerprint density at radius 2 is 1.83 bits per heavy atom. The first-order valence-corrected chi connectivity index (χ1v) is 8.10. The van der Waals surface area contributed by atoms with Crippen LogP contribution in [0.1, 0.15) is 64.7 Å². The van der Waals surface area contributed by atoms with Gasteiger partial charge in [0.15, 0.2) is 0 Å². The van der Waals surface area contributed by atoms with Crippen molar-refractivity contribution in [2.75, 3.05) is 20.6 Å². The molecule has 1 atom stereocenters. The van der Waals surface area contributed by atoms with Crippen LogP contribution in [-0.2, 0) is 0 Å². The van der Waals surface area contributed by atoms with Gasteiger partial charge >= 0.3 is 0 Å². The molecular formula is C16H32N2. The van der Waals surface area contributed by atoms with Gasteiger partial charge < -0.3 is 10.2 Å². The van der Waals surface area contributed by atoms with E-state index in [2.05, 4.69) is 31.2 Å². The molecule has 2 nitrogen and oxygen atoms in total. The molecule has 2 aliphatic rings. The topological polar surface area (TPSA) is 15.3 Å². The summed E-state index contributed by atoms with van der Waals surface area (Å²) in [6.45, 7) is 3.38. The molecule has 0 heterocycles. The van der Waals surface area contributed by atoms with Gasteiger partial charge in [-0.05, 0) is 52.2 Å². The van der Waals surface area contributed by atoms with E-state index in [9.17, 15) is 0 Å². The van der Waals surface area contributed by atoms with Crippen molar-refractivity contribution in [2.24, 2.45) is 5.92 Å². The first kappa shape index (κ1) is 14.3. The molecule has 0 amide bonds. The van der Waals surface area contributed by atoms with E-state index in [-0.39, 0.29) is 0 Å². The molecule has 0 spiro atoms. The van der Waals surface area contributed by atoms with Crippen LogP contribution in [0.2, 0.25) is 0 Å². The van der Waals surface area contributed by atoms with Crippen LogP contribution >= 0.6 is 0 Å². The van der Waals surface area contributed by atoms with E-state index in [0.29, 0.717) is 11.6 Å². The summed E-state index contributed by atoms with van der Waals surface area (Å²) in [4.78, 5) is 2.53. The SMILES string of the molecule is CCNC(CCC1CC1)C1(N(C)C)CCCCC1. The van der Waals surface area contributed by atoms with Crippen LogP contribution < -0.4 is 5.32 Å². The molecule has 0 radical (unpaired) electrons. The summed E-state index contributed by atoms with van der Waals surface area (Å²) in [5.41, 5.74) is 0.434. The molecule has 0 aromatic rings. The Kier molecular flexibility index (Phi) is 5.08. The molecule has 2 heteroatoms. The molecule has 2 fully saturated rings. The maximum atomic E-state index is 3.82. The van der Waals surface area contributed by atoms with Crippen LogP contribution in [-0.4, -0.2) is 37.1 Å². The largest absolute Gasteiger partial charge is 0.312 e. The van der Waals surface area contributed by atoms with Gasteiger partial charge in [0.05, 0.1) is 0 Å². The highest BCUT2D eigenvalue weighted by atomic mass is 15.2. The average molecular weight is 252 g/mol. The zero-order valence-electron chi connectivity index (χ0n) is 12.7. The summed E-state index contributed by atoms with van der Waals surface area (Å²) in [5.74, 6) is 1.06. The molecule has 0 aliphatic heterocycles. The molecule has 2 aliphatic carbocycles. The van der Waals surface area contributed by atoms with E-state index in [1.165, 1.54) is 57.8 Å². The fraction of sp³-hybridized carbons (Fsp3) is 1.00. The number of rotatable bonds is 7. The summed E-state index contributed by atoms with van der Waals surface area (Å²) in [7, 11) is 4.60. The number of hydrogen-bond donors (Lipinski definition) is 1. The highest BCUT2D eigenvalue weighted by Gasteiger charge is 2.41. The van der Waals surface area contributed by atoms with Crippen LogP contribution in [0.25, 0.3) is 0 Å². The summed E-state index contributed by atoms with van der Waals surface area (Å²) in [5, 5.41) is 3.82. The van der Waals surface area contributed by atoms with E-state index in [1.54, 1.807) is 0 Å². The van der Waals surface area contributed by atoms with Crippen molar-refractivity contribution < 1.29 is 0 Å². The summed E-state index contributed by atoms with van der Waals surface area (Å²) >= 11 is 0. The maximum absolute atomic E-state index is 3.82. The Bertz CT molecular complexity index is 239. The minimum Gasteiger partial charge on any atom is -0.312 e. The lowest BCUT2D eigenvalue weighted by atomic mass is 9.73. The molecule has 2 rings (SSSR count). The fourth-order valence-electron chi connectivity index (χ4n) is 3.89. The monoisotopic (exact) mass is 252 g/mol. The minimum atomic E-state index is 0.434. The quantitative estimate of drug-likeness (QED) is 0.747. The highest BCUT2D eigenvalue weighted by Crippen LogP contribution is 2.40. The normalized spacial score (nSPS) is 25.3. The molecule has 0 aromatic carbocycles. The Morgan fingerprint density at radius 3 is 2.33 bits per heavy atom. The zero-order chi connectivity index (χ0) is 13.0. The number of nitrogens with zero attached hydrogens (tertiary/aromatic N) is 1. The molecule has 1 unspecified atom stereocenters. The molecule has 2 saturated carbocycles. The van der Waals surface area contributed by atoms with Crippen molar-refractivity contribution in [1.82, 2.24) is 10.2 Å². The Morgan fingerprint density at radius 1 is 1.17 bits per heavy atom. The minimum absolute atomic E-state index is 0.434. The van der Waals surface area contributed by atoms with Gasteiger partial charge in [-0.3, -0.25) is 0 Å². The Hall–Kier alpha value is -0.0800. The number of hydrogen-bond acceptors (Lipinski definition) is 2. The van der Waals surface area contributed by atoms with Gasteiger partial charge in [0.25, 0.3) is 0 Å². The standard InChI is InChI=1S/C16H32N2/c1-4-17-15(11-10-14-8-9-14)16(18(2)3)12-6-5-7-13-16/h14-15,17H,4-13H2,1-3H3. The van der Waals surface area contributed by atoms with Crippen molar-refractivity contribution in [3.05, 3.63) is 0 Å². The van der Waals surface area contributed by atoms with Gasteiger partial charge in [0.2, 0.25) is 0 Å². The predicted octanol–water partition coefficient (Wildman–Crippen LogP) is 3.42. The molecule has 0 aromatic heterocycles. The lowest BCUT2D eigenvalue weighted by molar-refractivity contribution is 0.0527. The fourth-order valence-corrected chi connectivity index (χ4v) is 3.89. The maximum Gasteiger partial charge on any atom is 0.0356 e. The average Bonchev–Trinajstić information content (AvgIpc) is 3.19. The molecule has 0 saturated heterocycles. The van der Waals surface area contributed by atoms with Crippen molar-refractivity contribution in [3.63, 3.8) is 0 Å². The van der Waals surface area contributed by atoms with Crippen LogP contribution in [0.15, 0.2) is 0 Å². The van der Waals surface area contributed by atoms with Crippen LogP contribution in [0.4, 0.5) is 0 Å². The third-order valence-electron chi connectivity index (χ3n) is 5.27. The van der Waals surface area contributed by atoms with E-state index in [0.717, 1.165) is 12.5 Å². The molecule has 0 bridgehead atoms. The van der Waals surface area contributed by atoms with E-state index >= 15 is 0 Å². The Balaban J connectivity index is 2.01. The number of nitrogens with one attached hydrogen (secondary N) is 1. The van der Waals surface area contributed by atoms with Gasteiger partial charge in [0, 0.05) is 11.6 Å². The smallest absolute Gasteiger partial charge is 0.0356 e. The Labute approximate surface area is 114 Å². The van der Waals surface area contributed by atoms with Gasteiger partial charge in [-0.2, -0.15) is 0 Å². The van der Waals surface area contributed by atoms with Crippen molar-refractivity contribution >= 4 is 0 Å². The summed E-state index contributed by atoms with van der Waals surface area (Å²) in [6, 6.07) is 0.707. The second-order valence-electron chi connectivity index (χ2n) is 6.69. The van der Waals surface area contributed by atoms with Gasteiger partial charge in [0.1, 0.15) is 0 Å². The van der Waals surface area contributed by atoms with Gasteiger partial charge in [-0.25, -0.2) is 0 Å². The van der Waals surface area contributed by atoms with E-state index in [1.807, 2.05) is 0 Å². The predicted molar refractivity (Wildman–Crippen MR) is 78.9 cm³/mol. The van der Waals surface area contributed by atoms with Crippen LogP contribution in [0.3, 0.4) is 0 Å². The lowest BCUT2D eigenvalue weighted by Crippen LogP contribution is -2.60. The van der Waals surface area contributed by atoms with Crippen LogP contribution in [0, 0.1) is 5.92 Å². The van der Waals surface area contributed by atoms with Crippen LogP contribution in [0.5, 0.6) is 0 Å². The van der Waals surface area contributed by atoms with Crippen molar-refractivity contribution in [2.45, 2.75) is 76.3 Å². The van der Waals surface area contributed by atoms with E-state index < -0.39 is 0 Å².